The Bertz CT molecular complexity index is 1070. The molecule has 2 aromatic rings. The van der Waals surface area contributed by atoms with Crippen LogP contribution in [-0.2, 0) is 20.0 Å². The van der Waals surface area contributed by atoms with Gasteiger partial charge in [-0.25, -0.2) is 21.6 Å². The molecule has 0 saturated heterocycles. The zero-order valence-corrected chi connectivity index (χ0v) is 17.6. The lowest BCUT2D eigenvalue weighted by Gasteiger charge is -2.10. The fraction of sp³-hybridized carbons (Fsp3) is 0.235. The molecule has 8 nitrogen and oxygen atoms in total. The van der Waals surface area contributed by atoms with Gasteiger partial charge in [0, 0.05) is 18.7 Å². The van der Waals surface area contributed by atoms with E-state index < -0.39 is 26.0 Å². The van der Waals surface area contributed by atoms with Crippen molar-refractivity contribution in [2.45, 2.75) is 11.8 Å². The first-order chi connectivity index (χ1) is 13.0. The predicted octanol–water partition coefficient (Wildman–Crippen LogP) is 1.73. The van der Waals surface area contributed by atoms with Crippen LogP contribution in [0.15, 0.2) is 47.4 Å². The molecular formula is C17H20ClN3O5S2. The minimum absolute atomic E-state index is 0.00993. The summed E-state index contributed by atoms with van der Waals surface area (Å²) in [4.78, 5) is 12.3. The molecule has 2 rings (SSSR count). The van der Waals surface area contributed by atoms with Gasteiger partial charge in [-0.3, -0.25) is 9.52 Å². The van der Waals surface area contributed by atoms with Gasteiger partial charge in [0.15, 0.2) is 0 Å². The number of sulfonamides is 2. The molecule has 3 N–H and O–H groups in total. The second kappa shape index (κ2) is 8.91. The highest BCUT2D eigenvalue weighted by Crippen LogP contribution is 2.23. The molecule has 0 aliphatic rings. The molecule has 0 aromatic heterocycles. The Morgan fingerprint density at radius 1 is 1.00 bits per heavy atom. The van der Waals surface area contributed by atoms with Gasteiger partial charge < -0.3 is 5.32 Å². The summed E-state index contributed by atoms with van der Waals surface area (Å²) in [6.07, 6.45) is 0.968. The van der Waals surface area contributed by atoms with Crippen molar-refractivity contribution in [1.29, 1.82) is 0 Å². The lowest BCUT2D eigenvalue weighted by molar-refractivity contribution is 0.0954. The van der Waals surface area contributed by atoms with E-state index in [0.29, 0.717) is 0 Å². The molecule has 0 heterocycles. The predicted molar refractivity (Wildman–Crippen MR) is 109 cm³/mol. The minimum atomic E-state index is -3.67. The number of anilines is 1. The molecule has 1 amide bonds. The van der Waals surface area contributed by atoms with Gasteiger partial charge in [0.1, 0.15) is 0 Å². The lowest BCUT2D eigenvalue weighted by atomic mass is 10.2. The number of aryl methyl sites for hydroxylation is 1. The van der Waals surface area contributed by atoms with Crippen molar-refractivity contribution in [2.75, 3.05) is 24.1 Å². The number of nitrogens with one attached hydrogen (secondary N) is 3. The molecule has 0 radical (unpaired) electrons. The van der Waals surface area contributed by atoms with Crippen LogP contribution in [0.2, 0.25) is 5.02 Å². The van der Waals surface area contributed by atoms with Crippen LogP contribution in [0.5, 0.6) is 0 Å². The van der Waals surface area contributed by atoms with Gasteiger partial charge in [-0.2, -0.15) is 0 Å². The Hall–Kier alpha value is -2.14. The van der Waals surface area contributed by atoms with Gasteiger partial charge in [0.25, 0.3) is 5.91 Å². The Balaban J connectivity index is 1.94. The second-order valence-electron chi connectivity index (χ2n) is 6.04. The maximum atomic E-state index is 12.2. The number of rotatable bonds is 8. The van der Waals surface area contributed by atoms with Crippen molar-refractivity contribution in [3.05, 3.63) is 58.6 Å². The molecule has 0 bridgehead atoms. The third-order valence-electron chi connectivity index (χ3n) is 3.56. The monoisotopic (exact) mass is 445 g/mol. The SMILES string of the molecule is Cc1ccc(S(=O)(=O)NCCNC(=O)c2ccc(Cl)c(NS(C)(=O)=O)c2)cc1. The molecule has 0 fully saturated rings. The van der Waals surface area contributed by atoms with Crippen LogP contribution in [-0.4, -0.2) is 42.1 Å². The second-order valence-corrected chi connectivity index (χ2v) is 9.96. The molecule has 0 atom stereocenters. The third kappa shape index (κ3) is 6.48. The number of halogens is 1. The zero-order chi connectivity index (χ0) is 20.9. The van der Waals surface area contributed by atoms with E-state index >= 15 is 0 Å². The minimum Gasteiger partial charge on any atom is -0.351 e. The Morgan fingerprint density at radius 2 is 1.64 bits per heavy atom. The Morgan fingerprint density at radius 3 is 2.25 bits per heavy atom. The summed E-state index contributed by atoms with van der Waals surface area (Å²) in [5.74, 6) is -0.497. The van der Waals surface area contributed by atoms with Gasteiger partial charge in [0.05, 0.1) is 21.9 Å². The molecule has 11 heteroatoms. The fourth-order valence-corrected chi connectivity index (χ4v) is 4.03. The molecule has 0 aliphatic carbocycles. The van der Waals surface area contributed by atoms with E-state index in [2.05, 4.69) is 14.8 Å². The highest BCUT2D eigenvalue weighted by Gasteiger charge is 2.14. The summed E-state index contributed by atoms with van der Waals surface area (Å²) in [7, 11) is -7.22. The van der Waals surface area contributed by atoms with Crippen molar-refractivity contribution < 1.29 is 21.6 Å². The van der Waals surface area contributed by atoms with Crippen LogP contribution < -0.4 is 14.8 Å². The zero-order valence-electron chi connectivity index (χ0n) is 15.2. The first-order valence-electron chi connectivity index (χ1n) is 8.10. The van der Waals surface area contributed by atoms with Gasteiger partial charge in [-0.1, -0.05) is 29.3 Å². The van der Waals surface area contributed by atoms with Crippen LogP contribution in [0.1, 0.15) is 15.9 Å². The normalized spacial score (nSPS) is 11.8. The average molecular weight is 446 g/mol. The highest BCUT2D eigenvalue weighted by molar-refractivity contribution is 7.92. The molecule has 0 saturated carbocycles. The van der Waals surface area contributed by atoms with Crippen LogP contribution in [0, 0.1) is 6.92 Å². The summed E-state index contributed by atoms with van der Waals surface area (Å²) in [5.41, 5.74) is 1.20. The molecule has 28 heavy (non-hydrogen) atoms. The van der Waals surface area contributed by atoms with Gasteiger partial charge in [-0.05, 0) is 37.3 Å². The molecule has 0 spiro atoms. The van der Waals surface area contributed by atoms with Crippen LogP contribution in [0.25, 0.3) is 0 Å². The molecule has 0 aliphatic heterocycles. The van der Waals surface area contributed by atoms with E-state index in [1.165, 1.54) is 30.3 Å². The maximum absolute atomic E-state index is 12.2. The van der Waals surface area contributed by atoms with Crippen LogP contribution in [0.4, 0.5) is 5.69 Å². The maximum Gasteiger partial charge on any atom is 0.251 e. The standard InChI is InChI=1S/C17H20ClN3O5S2/c1-12-3-6-14(7-4-12)28(25,26)20-10-9-19-17(22)13-5-8-15(18)16(11-13)21-27(2,23)24/h3-8,11,20-21H,9-10H2,1-2H3,(H,19,22). The smallest absolute Gasteiger partial charge is 0.251 e. The fourth-order valence-electron chi connectivity index (χ4n) is 2.21. The van der Waals surface area contributed by atoms with E-state index in [4.69, 9.17) is 11.6 Å². The summed E-state index contributed by atoms with van der Waals surface area (Å²) < 4.78 is 51.6. The van der Waals surface area contributed by atoms with E-state index in [0.717, 1.165) is 11.8 Å². The highest BCUT2D eigenvalue weighted by atomic mass is 35.5. The number of hydrogen-bond donors (Lipinski definition) is 3. The van der Waals surface area contributed by atoms with Crippen molar-refractivity contribution in [3.63, 3.8) is 0 Å². The number of hydrogen-bond acceptors (Lipinski definition) is 5. The number of benzene rings is 2. The lowest BCUT2D eigenvalue weighted by Crippen LogP contribution is -2.34. The van der Waals surface area contributed by atoms with E-state index in [1.54, 1.807) is 12.1 Å². The van der Waals surface area contributed by atoms with Crippen LogP contribution >= 0.6 is 11.6 Å². The molecule has 2 aromatic carbocycles. The quantitative estimate of drug-likeness (QED) is 0.534. The largest absolute Gasteiger partial charge is 0.351 e. The Labute approximate surface area is 169 Å². The van der Waals surface area contributed by atoms with Crippen molar-refractivity contribution in [1.82, 2.24) is 10.0 Å². The number of amides is 1. The van der Waals surface area contributed by atoms with Gasteiger partial charge in [0.2, 0.25) is 20.0 Å². The first-order valence-corrected chi connectivity index (χ1v) is 11.8. The van der Waals surface area contributed by atoms with Crippen molar-refractivity contribution >= 4 is 43.2 Å². The van der Waals surface area contributed by atoms with Crippen molar-refractivity contribution in [3.8, 4) is 0 Å². The molecule has 0 unspecified atom stereocenters. The first kappa shape index (κ1) is 22.2. The van der Waals surface area contributed by atoms with Crippen LogP contribution in [0.3, 0.4) is 0 Å². The number of carbonyl (C=O) groups is 1. The summed E-state index contributed by atoms with van der Waals surface area (Å²) in [6, 6.07) is 10.5. The van der Waals surface area contributed by atoms with Gasteiger partial charge >= 0.3 is 0 Å². The average Bonchev–Trinajstić information content (AvgIpc) is 2.59. The van der Waals surface area contributed by atoms with E-state index in [9.17, 15) is 21.6 Å². The summed E-state index contributed by atoms with van der Waals surface area (Å²) in [6.45, 7) is 1.89. The van der Waals surface area contributed by atoms with Gasteiger partial charge in [-0.15, -0.1) is 0 Å². The Kier molecular flexibility index (Phi) is 7.05. The van der Waals surface area contributed by atoms with E-state index in [-0.39, 0.29) is 34.3 Å². The topological polar surface area (TPSA) is 121 Å². The number of carbonyl (C=O) groups excluding carboxylic acids is 1. The van der Waals surface area contributed by atoms with Crippen molar-refractivity contribution in [2.24, 2.45) is 0 Å². The van der Waals surface area contributed by atoms with E-state index in [1.807, 2.05) is 6.92 Å². The third-order valence-corrected chi connectivity index (χ3v) is 5.96. The molecular weight excluding hydrogens is 426 g/mol. The molecule has 152 valence electrons. The summed E-state index contributed by atoms with van der Waals surface area (Å²) in [5, 5.41) is 2.70. The summed E-state index contributed by atoms with van der Waals surface area (Å²) >= 11 is 5.92.